The average molecular weight is 396 g/mol. The Morgan fingerprint density at radius 2 is 2.03 bits per heavy atom. The molecule has 152 valence electrons. The Labute approximate surface area is 169 Å². The van der Waals surface area contributed by atoms with E-state index in [-0.39, 0.29) is 24.6 Å². The zero-order valence-corrected chi connectivity index (χ0v) is 16.1. The number of urea groups is 1. The van der Waals surface area contributed by atoms with Gasteiger partial charge in [0.2, 0.25) is 5.91 Å². The largest absolute Gasteiger partial charge is 0.484 e. The van der Waals surface area contributed by atoms with E-state index in [1.54, 1.807) is 6.20 Å². The van der Waals surface area contributed by atoms with Gasteiger partial charge < -0.3 is 14.8 Å². The zero-order valence-electron chi connectivity index (χ0n) is 16.1. The van der Waals surface area contributed by atoms with Crippen molar-refractivity contribution in [2.24, 2.45) is 0 Å². The van der Waals surface area contributed by atoms with Crippen LogP contribution >= 0.6 is 0 Å². The fourth-order valence-corrected chi connectivity index (χ4v) is 3.54. The molecule has 29 heavy (non-hydrogen) atoms. The van der Waals surface area contributed by atoms with E-state index >= 15 is 0 Å². The van der Waals surface area contributed by atoms with Gasteiger partial charge >= 0.3 is 6.03 Å². The molecule has 0 unspecified atom stereocenters. The lowest BCUT2D eigenvalue weighted by atomic mass is 10.2. The van der Waals surface area contributed by atoms with Gasteiger partial charge in [-0.3, -0.25) is 14.6 Å². The fourth-order valence-electron chi connectivity index (χ4n) is 3.54. The van der Waals surface area contributed by atoms with Crippen LogP contribution in [0, 0.1) is 0 Å². The molecule has 4 rings (SSSR count). The van der Waals surface area contributed by atoms with Gasteiger partial charge in [-0.25, -0.2) is 9.78 Å². The molecule has 8 nitrogen and oxygen atoms in total. The Balaban J connectivity index is 1.37. The summed E-state index contributed by atoms with van der Waals surface area (Å²) in [6.07, 6.45) is 2.23. The van der Waals surface area contributed by atoms with Gasteiger partial charge in [0.05, 0.1) is 6.54 Å². The molecule has 2 aliphatic rings. The van der Waals surface area contributed by atoms with Crippen molar-refractivity contribution in [1.82, 2.24) is 20.1 Å². The molecule has 2 aliphatic heterocycles. The lowest BCUT2D eigenvalue weighted by Gasteiger charge is -2.31. The summed E-state index contributed by atoms with van der Waals surface area (Å²) in [6.45, 7) is 3.08. The quantitative estimate of drug-likeness (QED) is 0.684. The van der Waals surface area contributed by atoms with Crippen molar-refractivity contribution in [3.05, 3.63) is 54.2 Å². The van der Waals surface area contributed by atoms with Crippen LogP contribution < -0.4 is 14.8 Å². The molecule has 0 bridgehead atoms. The number of hydrogen-bond donors (Lipinski definition) is 1. The number of carbonyl (C=O) groups is 2. The molecule has 2 aromatic rings. The molecule has 0 saturated carbocycles. The highest BCUT2D eigenvalue weighted by Gasteiger charge is 2.28. The smallest absolute Gasteiger partial charge is 0.324 e. The maximum absolute atomic E-state index is 11.8. The molecule has 3 amide bonds. The number of amides is 3. The number of aromatic nitrogens is 1. The number of rotatable bonds is 8. The molecule has 0 radical (unpaired) electrons. The third kappa shape index (κ3) is 4.83. The molecule has 8 heteroatoms. The summed E-state index contributed by atoms with van der Waals surface area (Å²) in [6, 6.07) is 13.5. The normalized spacial score (nSPS) is 18.2. The summed E-state index contributed by atoms with van der Waals surface area (Å²) in [5.41, 5.74) is 1.19. The molecule has 1 fully saturated rings. The van der Waals surface area contributed by atoms with E-state index in [1.165, 1.54) is 10.5 Å². The molecule has 1 N–H and O–H groups in total. The molecule has 1 aromatic heterocycles. The minimum atomic E-state index is -0.309. The highest BCUT2D eigenvalue weighted by molar-refractivity contribution is 6.01. The Hall–Kier alpha value is -3.13. The fraction of sp³-hybridized carbons (Fsp3) is 0.381. The number of pyridine rings is 1. The topological polar surface area (TPSA) is 84.0 Å². The van der Waals surface area contributed by atoms with Crippen LogP contribution in [0.2, 0.25) is 0 Å². The second-order valence-electron chi connectivity index (χ2n) is 7.14. The first-order valence-electron chi connectivity index (χ1n) is 9.78. The number of carbonyl (C=O) groups excluding carboxylic acids is 2. The van der Waals surface area contributed by atoms with Crippen molar-refractivity contribution < 1.29 is 19.1 Å². The third-order valence-electron chi connectivity index (χ3n) is 4.94. The van der Waals surface area contributed by atoms with Crippen LogP contribution in [0.5, 0.6) is 11.6 Å². The van der Waals surface area contributed by atoms with Crippen molar-refractivity contribution in [3.8, 4) is 11.6 Å². The summed E-state index contributed by atoms with van der Waals surface area (Å²) in [4.78, 5) is 31.3. The lowest BCUT2D eigenvalue weighted by molar-refractivity contribution is -0.125. The molecule has 0 aliphatic carbocycles. The first kappa shape index (κ1) is 19.2. The van der Waals surface area contributed by atoms with Gasteiger partial charge in [0.15, 0.2) is 5.75 Å². The average Bonchev–Trinajstić information content (AvgIpc) is 3.06. The first-order valence-corrected chi connectivity index (χ1v) is 9.78. The molecular formula is C21H24N4O4. The van der Waals surface area contributed by atoms with Crippen molar-refractivity contribution in [1.29, 1.82) is 0 Å². The van der Waals surface area contributed by atoms with E-state index in [2.05, 4.69) is 27.3 Å². The maximum Gasteiger partial charge on any atom is 0.324 e. The van der Waals surface area contributed by atoms with Gasteiger partial charge in [-0.15, -0.1) is 0 Å². The van der Waals surface area contributed by atoms with Gasteiger partial charge in [-0.2, -0.15) is 0 Å². The van der Waals surface area contributed by atoms with E-state index < -0.39 is 0 Å². The molecule has 1 saturated heterocycles. The van der Waals surface area contributed by atoms with Crippen LogP contribution in [-0.2, 0) is 11.3 Å². The van der Waals surface area contributed by atoms with Gasteiger partial charge in [-0.1, -0.05) is 30.3 Å². The highest BCUT2D eigenvalue weighted by atomic mass is 16.6. The predicted molar refractivity (Wildman–Crippen MR) is 106 cm³/mol. The summed E-state index contributed by atoms with van der Waals surface area (Å²) in [5, 5.41) is 2.55. The SMILES string of the molecule is O=C1CNC(=O)N1CCCN(Cc1ccccc1)C[C@H]1COc2cccnc2O1. The van der Waals surface area contributed by atoms with Crippen molar-refractivity contribution in [3.63, 3.8) is 0 Å². The van der Waals surface area contributed by atoms with Crippen molar-refractivity contribution >= 4 is 11.9 Å². The first-order chi connectivity index (χ1) is 14.2. The zero-order chi connectivity index (χ0) is 20.1. The van der Waals surface area contributed by atoms with E-state index in [4.69, 9.17) is 9.47 Å². The number of hydrogen-bond acceptors (Lipinski definition) is 6. The minimum absolute atomic E-state index is 0.0895. The predicted octanol–water partition coefficient (Wildman–Crippen LogP) is 1.67. The number of ether oxygens (including phenoxy) is 2. The van der Waals surface area contributed by atoms with Crippen molar-refractivity contribution in [2.45, 2.75) is 19.1 Å². The number of imide groups is 1. The van der Waals surface area contributed by atoms with Gasteiger partial charge in [0.25, 0.3) is 5.88 Å². The molecule has 1 aromatic carbocycles. The van der Waals surface area contributed by atoms with E-state index in [0.717, 1.165) is 13.1 Å². The van der Waals surface area contributed by atoms with Crippen LogP contribution in [-0.4, -0.2) is 65.6 Å². The van der Waals surface area contributed by atoms with Crippen LogP contribution in [0.1, 0.15) is 12.0 Å². The number of fused-ring (bicyclic) bond motifs is 1. The number of nitrogens with one attached hydrogen (secondary N) is 1. The highest BCUT2D eigenvalue weighted by Crippen LogP contribution is 2.28. The van der Waals surface area contributed by atoms with Crippen LogP contribution in [0.15, 0.2) is 48.7 Å². The van der Waals surface area contributed by atoms with Gasteiger partial charge in [-0.05, 0) is 24.1 Å². The van der Waals surface area contributed by atoms with Crippen LogP contribution in [0.3, 0.4) is 0 Å². The standard InChI is InChI=1S/C21H24N4O4/c26-19-12-23-21(27)25(19)11-5-10-24(13-16-6-2-1-3-7-16)14-17-15-28-18-8-4-9-22-20(18)29-17/h1-4,6-9,17H,5,10-15H2,(H,23,27)/t17-/m0/s1. The van der Waals surface area contributed by atoms with Crippen LogP contribution in [0.4, 0.5) is 4.79 Å². The second-order valence-corrected chi connectivity index (χ2v) is 7.14. The molecule has 0 spiro atoms. The summed E-state index contributed by atoms with van der Waals surface area (Å²) in [5.74, 6) is 1.01. The van der Waals surface area contributed by atoms with Gasteiger partial charge in [0.1, 0.15) is 12.7 Å². The van der Waals surface area contributed by atoms with Crippen molar-refractivity contribution in [2.75, 3.05) is 32.8 Å². The molecular weight excluding hydrogens is 372 g/mol. The third-order valence-corrected chi connectivity index (χ3v) is 4.94. The molecule has 1 atom stereocenters. The van der Waals surface area contributed by atoms with Crippen LogP contribution in [0.25, 0.3) is 0 Å². The van der Waals surface area contributed by atoms with E-state index in [1.807, 2.05) is 30.3 Å². The Morgan fingerprint density at radius 3 is 2.83 bits per heavy atom. The molecule has 3 heterocycles. The minimum Gasteiger partial charge on any atom is -0.484 e. The lowest BCUT2D eigenvalue weighted by Crippen LogP contribution is -2.42. The summed E-state index contributed by atoms with van der Waals surface area (Å²) < 4.78 is 11.8. The monoisotopic (exact) mass is 396 g/mol. The summed E-state index contributed by atoms with van der Waals surface area (Å²) >= 11 is 0. The van der Waals surface area contributed by atoms with Gasteiger partial charge in [0, 0.05) is 32.4 Å². The number of benzene rings is 1. The Morgan fingerprint density at radius 1 is 1.17 bits per heavy atom. The second kappa shape index (κ2) is 8.91. The van der Waals surface area contributed by atoms with E-state index in [9.17, 15) is 9.59 Å². The Bertz CT molecular complexity index is 845. The maximum atomic E-state index is 11.8. The Kier molecular flexibility index (Phi) is 5.90. The number of nitrogens with zero attached hydrogens (tertiary/aromatic N) is 3. The summed E-state index contributed by atoms with van der Waals surface area (Å²) in [7, 11) is 0. The van der Waals surface area contributed by atoms with E-state index in [0.29, 0.717) is 37.7 Å².